The third-order valence-electron chi connectivity index (χ3n) is 4.67. The van der Waals surface area contributed by atoms with Crippen molar-refractivity contribution < 1.29 is 14.3 Å². The van der Waals surface area contributed by atoms with E-state index in [4.69, 9.17) is 9.47 Å². The minimum absolute atomic E-state index is 0.0108. The van der Waals surface area contributed by atoms with Crippen LogP contribution in [0.25, 0.3) is 0 Å². The molecule has 0 saturated carbocycles. The van der Waals surface area contributed by atoms with E-state index in [0.29, 0.717) is 31.9 Å². The predicted octanol–water partition coefficient (Wildman–Crippen LogP) is 5.02. The van der Waals surface area contributed by atoms with Crippen LogP contribution in [0.1, 0.15) is 38.6 Å². The molecule has 30 heavy (non-hydrogen) atoms. The summed E-state index contributed by atoms with van der Waals surface area (Å²) in [5, 5.41) is 2.90. The number of nitrogens with zero attached hydrogens (tertiary/aromatic N) is 2. The highest BCUT2D eigenvalue weighted by Gasteiger charge is 2.17. The molecule has 6 heteroatoms. The minimum Gasteiger partial charge on any atom is -0.486 e. The first-order valence-corrected chi connectivity index (χ1v) is 10.9. The lowest BCUT2D eigenvalue weighted by atomic mass is 10.1. The Morgan fingerprint density at radius 2 is 1.90 bits per heavy atom. The Kier molecular flexibility index (Phi) is 7.99. The van der Waals surface area contributed by atoms with E-state index in [1.165, 1.54) is 0 Å². The summed E-state index contributed by atoms with van der Waals surface area (Å²) in [4.78, 5) is 19.6. The monoisotopic (exact) mass is 424 g/mol. The molecule has 1 heterocycles. The summed E-state index contributed by atoms with van der Waals surface area (Å²) in [7, 11) is 1.67. The number of thiazole rings is 1. The molecule has 5 nitrogen and oxygen atoms in total. The topological polar surface area (TPSA) is 51.7 Å². The zero-order valence-electron chi connectivity index (χ0n) is 17.8. The first kappa shape index (κ1) is 22.0. The van der Waals surface area contributed by atoms with Crippen molar-refractivity contribution in [3.63, 3.8) is 0 Å². The maximum Gasteiger partial charge on any atom is 0.254 e. The number of hydrogen-bond donors (Lipinski definition) is 0. The van der Waals surface area contributed by atoms with Gasteiger partial charge in [-0.3, -0.25) is 4.79 Å². The molecule has 2 aromatic carbocycles. The van der Waals surface area contributed by atoms with E-state index >= 15 is 0 Å². The quantitative estimate of drug-likeness (QED) is 0.429. The highest BCUT2D eigenvalue weighted by atomic mass is 32.1. The summed E-state index contributed by atoms with van der Waals surface area (Å²) in [5.41, 5.74) is 3.86. The number of aryl methyl sites for hydroxylation is 2. The van der Waals surface area contributed by atoms with Gasteiger partial charge in [-0.25, -0.2) is 4.98 Å². The van der Waals surface area contributed by atoms with E-state index in [9.17, 15) is 4.79 Å². The van der Waals surface area contributed by atoms with Crippen LogP contribution in [0, 0.1) is 13.8 Å². The van der Waals surface area contributed by atoms with Gasteiger partial charge in [-0.05, 0) is 50.1 Å². The lowest BCUT2D eigenvalue weighted by Crippen LogP contribution is -2.32. The number of aromatic nitrogens is 1. The predicted molar refractivity (Wildman–Crippen MR) is 120 cm³/mol. The number of hydrogen-bond acceptors (Lipinski definition) is 5. The second-order valence-corrected chi connectivity index (χ2v) is 8.22. The van der Waals surface area contributed by atoms with Gasteiger partial charge < -0.3 is 14.4 Å². The maximum absolute atomic E-state index is 13.0. The molecular weight excluding hydrogens is 396 g/mol. The number of methoxy groups -OCH3 is 1. The third-order valence-corrected chi connectivity index (χ3v) is 5.54. The van der Waals surface area contributed by atoms with E-state index < -0.39 is 0 Å². The average Bonchev–Trinajstić information content (AvgIpc) is 3.19. The molecule has 0 unspecified atom stereocenters. The molecule has 158 valence electrons. The zero-order chi connectivity index (χ0) is 21.3. The molecule has 0 atom stereocenters. The fourth-order valence-electron chi connectivity index (χ4n) is 3.06. The van der Waals surface area contributed by atoms with Crippen molar-refractivity contribution in [2.45, 2.75) is 33.4 Å². The zero-order valence-corrected chi connectivity index (χ0v) is 18.6. The largest absolute Gasteiger partial charge is 0.486 e. The van der Waals surface area contributed by atoms with Crippen molar-refractivity contribution in [2.24, 2.45) is 0 Å². The van der Waals surface area contributed by atoms with Crippen molar-refractivity contribution in [3.05, 3.63) is 81.3 Å². The number of carbonyl (C=O) groups excluding carboxylic acids is 1. The van der Waals surface area contributed by atoms with Gasteiger partial charge in [0.25, 0.3) is 5.91 Å². The molecule has 1 amide bonds. The summed E-state index contributed by atoms with van der Waals surface area (Å²) < 4.78 is 11.0. The molecule has 0 aliphatic carbocycles. The molecule has 0 saturated heterocycles. The number of rotatable bonds is 10. The molecule has 0 aliphatic heterocycles. The van der Waals surface area contributed by atoms with Gasteiger partial charge >= 0.3 is 0 Å². The molecule has 0 fully saturated rings. The van der Waals surface area contributed by atoms with Crippen LogP contribution in [0.15, 0.2) is 53.9 Å². The molecule has 0 aliphatic rings. The van der Waals surface area contributed by atoms with Crippen LogP contribution in [-0.4, -0.2) is 36.1 Å². The standard InChI is InChI=1S/C24H28N2O3S/c1-18-8-10-20(11-9-18)24(27)26(12-5-13-28-3)15-21-17-30-23(25-21)16-29-22-7-4-6-19(2)14-22/h4,6-11,14,17H,5,12-13,15-16H2,1-3H3. The van der Waals surface area contributed by atoms with Gasteiger partial charge in [0.1, 0.15) is 17.4 Å². The van der Waals surface area contributed by atoms with Crippen LogP contribution in [-0.2, 0) is 17.9 Å². The van der Waals surface area contributed by atoms with E-state index in [-0.39, 0.29) is 5.91 Å². The Morgan fingerprint density at radius 1 is 1.10 bits per heavy atom. The van der Waals surface area contributed by atoms with Crippen LogP contribution in [0.4, 0.5) is 0 Å². The van der Waals surface area contributed by atoms with Crippen LogP contribution in [0.5, 0.6) is 5.75 Å². The van der Waals surface area contributed by atoms with E-state index in [0.717, 1.165) is 34.0 Å². The Morgan fingerprint density at radius 3 is 2.63 bits per heavy atom. The molecule has 3 aromatic rings. The first-order chi connectivity index (χ1) is 14.5. The van der Waals surface area contributed by atoms with Crippen molar-refractivity contribution in [1.82, 2.24) is 9.88 Å². The van der Waals surface area contributed by atoms with Crippen LogP contribution >= 0.6 is 11.3 Å². The summed E-state index contributed by atoms with van der Waals surface area (Å²) in [6.45, 7) is 6.18. The molecule has 0 radical (unpaired) electrons. The van der Waals surface area contributed by atoms with Crippen molar-refractivity contribution in [3.8, 4) is 5.75 Å². The lowest BCUT2D eigenvalue weighted by molar-refractivity contribution is 0.0721. The Hall–Kier alpha value is -2.70. The summed E-state index contributed by atoms with van der Waals surface area (Å²) >= 11 is 1.55. The Bertz CT molecular complexity index is 953. The van der Waals surface area contributed by atoms with Gasteiger partial charge in [-0.1, -0.05) is 29.8 Å². The van der Waals surface area contributed by atoms with Gasteiger partial charge in [-0.2, -0.15) is 0 Å². The van der Waals surface area contributed by atoms with E-state index in [2.05, 4.69) is 4.98 Å². The fraction of sp³-hybridized carbons (Fsp3) is 0.333. The second kappa shape index (κ2) is 10.9. The summed E-state index contributed by atoms with van der Waals surface area (Å²) in [6, 6.07) is 15.6. The van der Waals surface area contributed by atoms with E-state index in [1.807, 2.05) is 72.7 Å². The fourth-order valence-corrected chi connectivity index (χ4v) is 3.76. The highest BCUT2D eigenvalue weighted by molar-refractivity contribution is 7.09. The molecule has 1 aromatic heterocycles. The summed E-state index contributed by atoms with van der Waals surface area (Å²) in [5.74, 6) is 0.846. The number of amides is 1. The smallest absolute Gasteiger partial charge is 0.254 e. The highest BCUT2D eigenvalue weighted by Crippen LogP contribution is 2.18. The number of ether oxygens (including phenoxy) is 2. The van der Waals surface area contributed by atoms with Crippen LogP contribution in [0.2, 0.25) is 0 Å². The van der Waals surface area contributed by atoms with Gasteiger partial charge in [-0.15, -0.1) is 11.3 Å². The lowest BCUT2D eigenvalue weighted by Gasteiger charge is -2.22. The second-order valence-electron chi connectivity index (χ2n) is 7.28. The minimum atomic E-state index is 0.0108. The van der Waals surface area contributed by atoms with Gasteiger partial charge in [0.15, 0.2) is 0 Å². The Balaban J connectivity index is 1.65. The molecule has 0 spiro atoms. The van der Waals surface area contributed by atoms with Crippen LogP contribution in [0.3, 0.4) is 0 Å². The maximum atomic E-state index is 13.0. The normalized spacial score (nSPS) is 10.8. The van der Waals surface area contributed by atoms with E-state index in [1.54, 1.807) is 18.4 Å². The number of carbonyl (C=O) groups is 1. The van der Waals surface area contributed by atoms with Gasteiger partial charge in [0.2, 0.25) is 0 Å². The Labute approximate surface area is 182 Å². The molecular formula is C24H28N2O3S. The molecule has 0 N–H and O–H groups in total. The van der Waals surface area contributed by atoms with Crippen LogP contribution < -0.4 is 4.74 Å². The average molecular weight is 425 g/mol. The summed E-state index contributed by atoms with van der Waals surface area (Å²) in [6.07, 6.45) is 0.779. The first-order valence-electron chi connectivity index (χ1n) is 10.0. The van der Waals surface area contributed by atoms with Crippen molar-refractivity contribution in [1.29, 1.82) is 0 Å². The number of benzene rings is 2. The van der Waals surface area contributed by atoms with Crippen molar-refractivity contribution >= 4 is 17.2 Å². The van der Waals surface area contributed by atoms with Gasteiger partial charge in [0.05, 0.1) is 12.2 Å². The molecule has 3 rings (SSSR count). The third kappa shape index (κ3) is 6.40. The van der Waals surface area contributed by atoms with Crippen molar-refractivity contribution in [2.75, 3.05) is 20.3 Å². The molecule has 0 bridgehead atoms. The SMILES string of the molecule is COCCCN(Cc1csc(COc2cccc(C)c2)n1)C(=O)c1ccc(C)cc1. The van der Waals surface area contributed by atoms with Gasteiger partial charge in [0, 0.05) is 31.2 Å².